The second-order valence-corrected chi connectivity index (χ2v) is 11.2. The third-order valence-electron chi connectivity index (χ3n) is 8.74. The van der Waals surface area contributed by atoms with Crippen LogP contribution in [0.5, 0.6) is 0 Å². The summed E-state index contributed by atoms with van der Waals surface area (Å²) in [6.07, 6.45) is 9.29. The quantitative estimate of drug-likeness (QED) is 0.109. The molecule has 0 saturated heterocycles. The van der Waals surface area contributed by atoms with E-state index < -0.39 is 34.8 Å². The average Bonchev–Trinajstić information content (AvgIpc) is 2.87. The van der Waals surface area contributed by atoms with E-state index in [4.69, 9.17) is 0 Å². The summed E-state index contributed by atoms with van der Waals surface area (Å²) in [7, 11) is 0. The van der Waals surface area contributed by atoms with Gasteiger partial charge in [0, 0.05) is 0 Å². The molecule has 0 aliphatic carbocycles. The first kappa shape index (κ1) is 35.4. The Morgan fingerprint density at radius 3 is 1.27 bits per heavy atom. The fourth-order valence-corrected chi connectivity index (χ4v) is 6.06. The maximum absolute atomic E-state index is 13.3. The van der Waals surface area contributed by atoms with Gasteiger partial charge in [-0.3, -0.25) is 9.59 Å². The molecule has 0 unspecified atom stereocenters. The lowest BCUT2D eigenvalue weighted by molar-refractivity contribution is -0.211. The first-order valence-electron chi connectivity index (χ1n) is 14.9. The second kappa shape index (κ2) is 17.8. The predicted molar refractivity (Wildman–Crippen MR) is 148 cm³/mol. The van der Waals surface area contributed by atoms with Crippen LogP contribution in [-0.4, -0.2) is 43.9 Å². The minimum absolute atomic E-state index is 0.0419. The Morgan fingerprint density at radius 2 is 1.00 bits per heavy atom. The van der Waals surface area contributed by atoms with Crippen molar-refractivity contribution in [1.82, 2.24) is 0 Å². The van der Waals surface area contributed by atoms with Crippen LogP contribution in [0.3, 0.4) is 0 Å². The summed E-state index contributed by atoms with van der Waals surface area (Å²) in [6, 6.07) is 0. The SMILES string of the molecule is CCCC[C@H](CC)C[C@H](C(=O)O)[C@](O)(C(=O)O)C(C[C@@H](CC)CCCC)(C[C@@H](CC)CCCC)C(=O)O. The summed E-state index contributed by atoms with van der Waals surface area (Å²) in [6.45, 7) is 12.0. The van der Waals surface area contributed by atoms with E-state index in [-0.39, 0.29) is 37.0 Å². The van der Waals surface area contributed by atoms with E-state index in [2.05, 4.69) is 0 Å². The van der Waals surface area contributed by atoms with Gasteiger partial charge in [0.2, 0.25) is 0 Å². The highest BCUT2D eigenvalue weighted by atomic mass is 16.4. The minimum Gasteiger partial charge on any atom is -0.481 e. The smallest absolute Gasteiger partial charge is 0.337 e. The zero-order valence-corrected chi connectivity index (χ0v) is 24.4. The summed E-state index contributed by atoms with van der Waals surface area (Å²) in [5, 5.41) is 43.8. The summed E-state index contributed by atoms with van der Waals surface area (Å²) in [5.74, 6) is -6.63. The Morgan fingerprint density at radius 1 is 0.622 bits per heavy atom. The molecule has 0 aliphatic rings. The van der Waals surface area contributed by atoms with Gasteiger partial charge in [-0.1, -0.05) is 119 Å². The van der Waals surface area contributed by atoms with Gasteiger partial charge in [-0.05, 0) is 37.0 Å². The molecule has 0 radical (unpaired) electrons. The van der Waals surface area contributed by atoms with Gasteiger partial charge < -0.3 is 20.4 Å². The Kier molecular flexibility index (Phi) is 17.0. The van der Waals surface area contributed by atoms with E-state index >= 15 is 0 Å². The van der Waals surface area contributed by atoms with Crippen molar-refractivity contribution in [2.24, 2.45) is 29.1 Å². The fraction of sp³-hybridized carbons (Fsp3) is 0.900. The van der Waals surface area contributed by atoms with Crippen LogP contribution in [0.4, 0.5) is 0 Å². The van der Waals surface area contributed by atoms with Gasteiger partial charge in [-0.2, -0.15) is 0 Å². The summed E-state index contributed by atoms with van der Waals surface area (Å²) in [4.78, 5) is 38.9. The van der Waals surface area contributed by atoms with Crippen molar-refractivity contribution in [2.75, 3.05) is 0 Å². The van der Waals surface area contributed by atoms with Crippen LogP contribution in [0.2, 0.25) is 0 Å². The molecule has 0 bridgehead atoms. The minimum atomic E-state index is -2.93. The molecule has 0 rings (SSSR count). The number of carboxylic acids is 3. The molecule has 0 aliphatic heterocycles. The van der Waals surface area contributed by atoms with Crippen LogP contribution in [-0.2, 0) is 14.4 Å². The third kappa shape index (κ3) is 9.56. The van der Waals surface area contributed by atoms with E-state index in [0.717, 1.165) is 51.4 Å². The van der Waals surface area contributed by atoms with Crippen molar-refractivity contribution in [3.63, 3.8) is 0 Å². The van der Waals surface area contributed by atoms with Crippen LogP contribution in [0.25, 0.3) is 0 Å². The normalized spacial score (nSPS) is 16.9. The molecular formula is C30H56O7. The number of unbranched alkanes of at least 4 members (excludes halogenated alkanes) is 3. The van der Waals surface area contributed by atoms with Gasteiger partial charge >= 0.3 is 17.9 Å². The number of carbonyl (C=O) groups is 3. The topological polar surface area (TPSA) is 132 Å². The molecule has 0 amide bonds. The number of carboxylic acid groups (broad SMARTS) is 3. The summed E-state index contributed by atoms with van der Waals surface area (Å²) in [5.41, 5.74) is -5.03. The van der Waals surface area contributed by atoms with Crippen LogP contribution in [0, 0.1) is 29.1 Å². The van der Waals surface area contributed by atoms with Gasteiger partial charge in [0.25, 0.3) is 0 Å². The number of aliphatic hydroxyl groups is 1. The Balaban J connectivity index is 7.05. The van der Waals surface area contributed by atoms with Crippen LogP contribution < -0.4 is 0 Å². The van der Waals surface area contributed by atoms with Crippen molar-refractivity contribution in [2.45, 2.75) is 143 Å². The maximum atomic E-state index is 13.3. The largest absolute Gasteiger partial charge is 0.481 e. The maximum Gasteiger partial charge on any atom is 0.337 e. The second-order valence-electron chi connectivity index (χ2n) is 11.2. The molecule has 0 heterocycles. The molecule has 4 N–H and O–H groups in total. The predicted octanol–water partition coefficient (Wildman–Crippen LogP) is 7.39. The van der Waals surface area contributed by atoms with Crippen molar-refractivity contribution in [3.8, 4) is 0 Å². The van der Waals surface area contributed by atoms with Crippen molar-refractivity contribution in [3.05, 3.63) is 0 Å². The Hall–Kier alpha value is -1.63. The van der Waals surface area contributed by atoms with Gasteiger partial charge in [0.05, 0.1) is 5.92 Å². The van der Waals surface area contributed by atoms with E-state index in [1.807, 2.05) is 41.5 Å². The Labute approximate surface area is 225 Å². The molecular weight excluding hydrogens is 472 g/mol. The number of hydrogen-bond donors (Lipinski definition) is 4. The van der Waals surface area contributed by atoms with E-state index in [1.54, 1.807) is 0 Å². The molecule has 0 saturated carbocycles. The van der Waals surface area contributed by atoms with Crippen LogP contribution in [0.1, 0.15) is 138 Å². The third-order valence-corrected chi connectivity index (χ3v) is 8.74. The van der Waals surface area contributed by atoms with Gasteiger partial charge in [0.1, 0.15) is 5.41 Å². The molecule has 0 aromatic heterocycles. The fourth-order valence-electron chi connectivity index (χ4n) is 6.06. The molecule has 37 heavy (non-hydrogen) atoms. The molecule has 218 valence electrons. The lowest BCUT2D eigenvalue weighted by Gasteiger charge is -2.48. The molecule has 7 nitrogen and oxygen atoms in total. The average molecular weight is 529 g/mol. The van der Waals surface area contributed by atoms with Crippen molar-refractivity contribution >= 4 is 17.9 Å². The summed E-state index contributed by atoms with van der Waals surface area (Å²) < 4.78 is 0. The number of aliphatic carboxylic acids is 3. The molecule has 0 aromatic rings. The van der Waals surface area contributed by atoms with Gasteiger partial charge in [0.15, 0.2) is 5.60 Å². The zero-order chi connectivity index (χ0) is 28.6. The monoisotopic (exact) mass is 528 g/mol. The standard InChI is InChI=1S/C30H56O7/c1-7-13-16-22(10-4)19-25(26(31)32)30(37,28(35)36)29(27(33)34,20-23(11-5)17-14-8-2)21-24(12-6)18-15-9-3/h22-25,37H,7-21H2,1-6H3,(H,31,32)(H,33,34)(H,35,36)/t22-,23-,24-,25+,30-/m0/s1. The number of hydrogen-bond acceptors (Lipinski definition) is 4. The van der Waals surface area contributed by atoms with Crippen molar-refractivity contribution in [1.29, 1.82) is 0 Å². The highest BCUT2D eigenvalue weighted by molar-refractivity contribution is 5.93. The molecule has 5 atom stereocenters. The zero-order valence-electron chi connectivity index (χ0n) is 24.4. The van der Waals surface area contributed by atoms with Crippen LogP contribution >= 0.6 is 0 Å². The van der Waals surface area contributed by atoms with Gasteiger partial charge in [-0.15, -0.1) is 0 Å². The van der Waals surface area contributed by atoms with Gasteiger partial charge in [-0.25, -0.2) is 4.79 Å². The number of rotatable bonds is 23. The van der Waals surface area contributed by atoms with E-state index in [9.17, 15) is 34.8 Å². The molecule has 0 fully saturated rings. The molecule has 0 aromatic carbocycles. The highest BCUT2D eigenvalue weighted by Gasteiger charge is 2.67. The first-order chi connectivity index (χ1) is 17.4. The lowest BCUT2D eigenvalue weighted by Crippen LogP contribution is -2.65. The summed E-state index contributed by atoms with van der Waals surface area (Å²) >= 11 is 0. The molecule has 0 spiro atoms. The first-order valence-corrected chi connectivity index (χ1v) is 14.9. The van der Waals surface area contributed by atoms with E-state index in [1.165, 1.54) is 0 Å². The lowest BCUT2D eigenvalue weighted by atomic mass is 9.56. The molecule has 7 heteroatoms. The highest BCUT2D eigenvalue weighted by Crippen LogP contribution is 2.51. The Bertz CT molecular complexity index is 659. The van der Waals surface area contributed by atoms with Crippen LogP contribution in [0.15, 0.2) is 0 Å². The van der Waals surface area contributed by atoms with Crippen molar-refractivity contribution < 1.29 is 34.8 Å². The van der Waals surface area contributed by atoms with E-state index in [0.29, 0.717) is 25.7 Å².